The van der Waals surface area contributed by atoms with Crippen molar-refractivity contribution in [1.82, 2.24) is 14.3 Å². The number of hydrogen-bond donors (Lipinski definition) is 1. The second kappa shape index (κ2) is 9.18. The van der Waals surface area contributed by atoms with Gasteiger partial charge in [0.25, 0.3) is 10.0 Å². The molecule has 1 saturated heterocycles. The highest BCUT2D eigenvalue weighted by atomic mass is 32.2. The molecule has 1 atom stereocenters. The van der Waals surface area contributed by atoms with Gasteiger partial charge in [-0.25, -0.2) is 18.2 Å². The molecule has 0 aromatic carbocycles. The number of amides is 1. The zero-order chi connectivity index (χ0) is 22.7. The molecule has 1 unspecified atom stereocenters. The summed E-state index contributed by atoms with van der Waals surface area (Å²) in [6.45, 7) is 1.93. The van der Waals surface area contributed by atoms with Crippen molar-refractivity contribution in [3.8, 4) is 10.6 Å². The highest BCUT2D eigenvalue weighted by Gasteiger charge is 2.41. The lowest BCUT2D eigenvalue weighted by Crippen LogP contribution is -2.43. The van der Waals surface area contributed by atoms with Crippen LogP contribution in [0.15, 0.2) is 52.2 Å². The van der Waals surface area contributed by atoms with Gasteiger partial charge in [0.2, 0.25) is 16.8 Å². The molecule has 4 heterocycles. The minimum absolute atomic E-state index is 0.134. The molecule has 0 bridgehead atoms. The zero-order valence-electron chi connectivity index (χ0n) is 17.1. The van der Waals surface area contributed by atoms with E-state index in [2.05, 4.69) is 15.3 Å². The van der Waals surface area contributed by atoms with Crippen LogP contribution in [0.2, 0.25) is 0 Å². The highest BCUT2D eigenvalue weighted by Crippen LogP contribution is 2.30. The summed E-state index contributed by atoms with van der Waals surface area (Å²) in [6.07, 6.45) is 4.14. The van der Waals surface area contributed by atoms with Gasteiger partial charge in [0.05, 0.1) is 17.2 Å². The number of ether oxygens (including phenoxy) is 1. The third-order valence-corrected chi connectivity index (χ3v) is 7.50. The van der Waals surface area contributed by atoms with Crippen LogP contribution in [0, 0.1) is 0 Å². The summed E-state index contributed by atoms with van der Waals surface area (Å²) in [5.41, 5.74) is 0.728. The number of furan rings is 1. The predicted octanol–water partition coefficient (Wildman–Crippen LogP) is 2.77. The molecule has 1 aliphatic rings. The third kappa shape index (κ3) is 4.42. The van der Waals surface area contributed by atoms with Crippen LogP contribution in [0.4, 0.5) is 5.13 Å². The summed E-state index contributed by atoms with van der Waals surface area (Å²) in [7, 11) is -4.12. The average molecular weight is 477 g/mol. The SMILES string of the molecule is CCOC(=O)c1ccc(S(=O)(=O)N2CCCC2C(=O)Nc2ncc(-c3ccccn3)s2)o1. The molecule has 1 aliphatic heterocycles. The monoisotopic (exact) mass is 476 g/mol. The van der Waals surface area contributed by atoms with Gasteiger partial charge in [-0.1, -0.05) is 17.4 Å². The lowest BCUT2D eigenvalue weighted by atomic mass is 10.2. The molecule has 3 aromatic heterocycles. The molecule has 168 valence electrons. The van der Waals surface area contributed by atoms with Crippen LogP contribution in [0.3, 0.4) is 0 Å². The van der Waals surface area contributed by atoms with Crippen LogP contribution in [0.1, 0.15) is 30.3 Å². The molecule has 10 nitrogen and oxygen atoms in total. The van der Waals surface area contributed by atoms with E-state index in [4.69, 9.17) is 9.15 Å². The van der Waals surface area contributed by atoms with Crippen LogP contribution in [-0.4, -0.2) is 53.8 Å². The molecule has 32 heavy (non-hydrogen) atoms. The molecule has 1 fully saturated rings. The van der Waals surface area contributed by atoms with Crippen molar-refractivity contribution in [3.05, 3.63) is 48.5 Å². The second-order valence-electron chi connectivity index (χ2n) is 6.85. The molecule has 4 rings (SSSR count). The average Bonchev–Trinajstić information content (AvgIpc) is 3.55. The smallest absolute Gasteiger partial charge is 0.374 e. The van der Waals surface area contributed by atoms with Crippen molar-refractivity contribution in [1.29, 1.82) is 0 Å². The van der Waals surface area contributed by atoms with Crippen molar-refractivity contribution in [2.24, 2.45) is 0 Å². The Bertz CT molecular complexity index is 1220. The fourth-order valence-corrected chi connectivity index (χ4v) is 5.69. The first-order valence-electron chi connectivity index (χ1n) is 9.87. The van der Waals surface area contributed by atoms with Gasteiger partial charge in [-0.2, -0.15) is 4.31 Å². The lowest BCUT2D eigenvalue weighted by molar-refractivity contribution is -0.119. The van der Waals surface area contributed by atoms with Crippen molar-refractivity contribution in [2.75, 3.05) is 18.5 Å². The van der Waals surface area contributed by atoms with E-state index in [1.165, 1.54) is 23.5 Å². The Hall–Kier alpha value is -3.09. The van der Waals surface area contributed by atoms with Crippen LogP contribution in [0.25, 0.3) is 10.6 Å². The number of carbonyl (C=O) groups is 2. The molecular weight excluding hydrogens is 456 g/mol. The second-order valence-corrected chi connectivity index (χ2v) is 9.70. The minimum Gasteiger partial charge on any atom is -0.460 e. The number of aromatic nitrogens is 2. The normalized spacial score (nSPS) is 16.7. The number of hydrogen-bond acceptors (Lipinski definition) is 9. The van der Waals surface area contributed by atoms with Gasteiger partial charge < -0.3 is 14.5 Å². The molecule has 0 spiro atoms. The first-order valence-corrected chi connectivity index (χ1v) is 12.1. The van der Waals surface area contributed by atoms with Gasteiger partial charge in [-0.15, -0.1) is 0 Å². The Labute approximate surface area is 188 Å². The Morgan fingerprint density at radius 3 is 2.88 bits per heavy atom. The number of esters is 1. The summed E-state index contributed by atoms with van der Waals surface area (Å²) in [4.78, 5) is 33.9. The van der Waals surface area contributed by atoms with E-state index in [1.807, 2.05) is 12.1 Å². The summed E-state index contributed by atoms with van der Waals surface area (Å²) in [6, 6.07) is 7.00. The maximum absolute atomic E-state index is 13.1. The molecule has 1 amide bonds. The molecule has 0 saturated carbocycles. The van der Waals surface area contributed by atoms with Gasteiger partial charge in [-0.3, -0.25) is 9.78 Å². The predicted molar refractivity (Wildman–Crippen MR) is 116 cm³/mol. The standard InChI is InChI=1S/C20H20N4O6S2/c1-2-29-19(26)15-8-9-17(30-15)32(27,28)24-11-5-7-14(24)18(25)23-20-22-12-16(31-20)13-6-3-4-10-21-13/h3-4,6,8-10,12,14H,2,5,7,11H2,1H3,(H,22,23,25). The van der Waals surface area contributed by atoms with Crippen LogP contribution in [-0.2, 0) is 19.6 Å². The van der Waals surface area contributed by atoms with Crippen LogP contribution >= 0.6 is 11.3 Å². The number of nitrogens with one attached hydrogen (secondary N) is 1. The number of thiazole rings is 1. The Morgan fingerprint density at radius 1 is 1.28 bits per heavy atom. The van der Waals surface area contributed by atoms with Crippen molar-refractivity contribution >= 4 is 38.4 Å². The van der Waals surface area contributed by atoms with Crippen molar-refractivity contribution < 1.29 is 27.2 Å². The zero-order valence-corrected chi connectivity index (χ0v) is 18.7. The largest absolute Gasteiger partial charge is 0.460 e. The number of rotatable bonds is 7. The number of anilines is 1. The fraction of sp³-hybridized carbons (Fsp3) is 0.300. The third-order valence-electron chi connectivity index (χ3n) is 4.78. The molecule has 1 N–H and O–H groups in total. The highest BCUT2D eigenvalue weighted by molar-refractivity contribution is 7.89. The van der Waals surface area contributed by atoms with E-state index in [1.54, 1.807) is 25.4 Å². The van der Waals surface area contributed by atoms with Crippen molar-refractivity contribution in [3.63, 3.8) is 0 Å². The van der Waals surface area contributed by atoms with E-state index in [0.717, 1.165) is 14.9 Å². The number of pyridine rings is 1. The molecule has 3 aromatic rings. The maximum atomic E-state index is 13.1. The first-order chi connectivity index (χ1) is 15.4. The Kier molecular flexibility index (Phi) is 6.35. The van der Waals surface area contributed by atoms with Gasteiger partial charge in [0.15, 0.2) is 5.13 Å². The van der Waals surface area contributed by atoms with E-state index >= 15 is 0 Å². The van der Waals surface area contributed by atoms with Crippen LogP contribution < -0.4 is 5.32 Å². The van der Waals surface area contributed by atoms with E-state index in [0.29, 0.717) is 18.0 Å². The number of sulfonamides is 1. The van der Waals surface area contributed by atoms with Gasteiger partial charge in [-0.05, 0) is 44.0 Å². The molecule has 0 aliphatic carbocycles. The lowest BCUT2D eigenvalue weighted by Gasteiger charge is -2.21. The molecule has 12 heteroatoms. The number of carbonyl (C=O) groups excluding carboxylic acids is 2. The summed E-state index contributed by atoms with van der Waals surface area (Å²) >= 11 is 1.25. The fourth-order valence-electron chi connectivity index (χ4n) is 3.32. The van der Waals surface area contributed by atoms with Gasteiger partial charge in [0.1, 0.15) is 6.04 Å². The topological polar surface area (TPSA) is 132 Å². The first kappa shape index (κ1) is 22.1. The molecule has 0 radical (unpaired) electrons. The summed E-state index contributed by atoms with van der Waals surface area (Å²) in [5.74, 6) is -1.45. The minimum atomic E-state index is -4.12. The van der Waals surface area contributed by atoms with Gasteiger partial charge in [0, 0.05) is 18.9 Å². The van der Waals surface area contributed by atoms with E-state index < -0.39 is 33.0 Å². The summed E-state index contributed by atoms with van der Waals surface area (Å²) < 4.78 is 37.3. The summed E-state index contributed by atoms with van der Waals surface area (Å²) in [5, 5.41) is 2.64. The quantitative estimate of drug-likeness (QED) is 0.515. The Morgan fingerprint density at radius 2 is 2.12 bits per heavy atom. The van der Waals surface area contributed by atoms with Crippen molar-refractivity contribution in [2.45, 2.75) is 30.9 Å². The van der Waals surface area contributed by atoms with Gasteiger partial charge >= 0.3 is 5.97 Å². The van der Waals surface area contributed by atoms with E-state index in [9.17, 15) is 18.0 Å². The van der Waals surface area contributed by atoms with E-state index in [-0.39, 0.29) is 18.9 Å². The Balaban J connectivity index is 1.49. The number of nitrogens with zero attached hydrogens (tertiary/aromatic N) is 3. The molecular formula is C20H20N4O6S2. The maximum Gasteiger partial charge on any atom is 0.374 e. The van der Waals surface area contributed by atoms with Crippen LogP contribution in [0.5, 0.6) is 0 Å².